The smallest absolute Gasteiger partial charge is 0.338 e. The first-order valence-corrected chi connectivity index (χ1v) is 7.81. The van der Waals surface area contributed by atoms with E-state index in [1.807, 2.05) is 54.6 Å². The minimum absolute atomic E-state index is 0.152. The number of carbonyl (C=O) groups is 1. The van der Waals surface area contributed by atoms with Crippen LogP contribution in [-0.2, 0) is 11.3 Å². The summed E-state index contributed by atoms with van der Waals surface area (Å²) in [7, 11) is 0. The van der Waals surface area contributed by atoms with Gasteiger partial charge in [-0.2, -0.15) is 0 Å². The first-order chi connectivity index (χ1) is 11.8. The van der Waals surface area contributed by atoms with E-state index in [-0.39, 0.29) is 12.6 Å². The van der Waals surface area contributed by atoms with Crippen molar-refractivity contribution in [1.82, 2.24) is 4.98 Å². The van der Waals surface area contributed by atoms with Crippen LogP contribution < -0.4 is 0 Å². The molecule has 24 heavy (non-hydrogen) atoms. The molecule has 0 saturated heterocycles. The van der Waals surface area contributed by atoms with Crippen LogP contribution in [0.3, 0.4) is 0 Å². The van der Waals surface area contributed by atoms with Crippen LogP contribution in [0.25, 0.3) is 21.7 Å². The summed E-state index contributed by atoms with van der Waals surface area (Å²) in [4.78, 5) is 16.9. The van der Waals surface area contributed by atoms with Gasteiger partial charge in [-0.1, -0.05) is 60.7 Å². The highest BCUT2D eigenvalue weighted by molar-refractivity contribution is 6.06. The Kier molecular flexibility index (Phi) is 3.67. The summed E-state index contributed by atoms with van der Waals surface area (Å²) in [5, 5.41) is 3.23. The van der Waals surface area contributed by atoms with Crippen molar-refractivity contribution in [2.24, 2.45) is 0 Å². The lowest BCUT2D eigenvalue weighted by Crippen LogP contribution is -2.06. The molecule has 1 aromatic heterocycles. The van der Waals surface area contributed by atoms with Gasteiger partial charge >= 0.3 is 5.97 Å². The molecule has 4 aromatic rings. The van der Waals surface area contributed by atoms with Crippen molar-refractivity contribution in [2.45, 2.75) is 6.61 Å². The van der Waals surface area contributed by atoms with Crippen LogP contribution in [0.2, 0.25) is 0 Å². The minimum atomic E-state index is -0.338. The molecule has 4 rings (SSSR count). The molecule has 3 heteroatoms. The summed E-state index contributed by atoms with van der Waals surface area (Å²) in [6.07, 6.45) is 0. The largest absolute Gasteiger partial charge is 0.456 e. The minimum Gasteiger partial charge on any atom is -0.456 e. The molecule has 0 atom stereocenters. The Morgan fingerprint density at radius 1 is 0.750 bits per heavy atom. The molecular formula is C21H15NO2. The van der Waals surface area contributed by atoms with Gasteiger partial charge in [-0.15, -0.1) is 0 Å². The number of para-hydroxylation sites is 1. The van der Waals surface area contributed by atoms with E-state index < -0.39 is 0 Å². The van der Waals surface area contributed by atoms with Gasteiger partial charge in [-0.05, 0) is 23.6 Å². The third-order valence-electron chi connectivity index (χ3n) is 4.04. The van der Waals surface area contributed by atoms with Crippen LogP contribution in [-0.4, -0.2) is 11.0 Å². The second kappa shape index (κ2) is 6.13. The van der Waals surface area contributed by atoms with Crippen molar-refractivity contribution >= 4 is 27.6 Å². The molecular weight excluding hydrogens is 298 g/mol. The van der Waals surface area contributed by atoms with E-state index in [0.717, 1.165) is 27.4 Å². The van der Waals surface area contributed by atoms with E-state index in [0.29, 0.717) is 5.56 Å². The number of hydrogen-bond acceptors (Lipinski definition) is 3. The molecule has 0 unspecified atom stereocenters. The van der Waals surface area contributed by atoms with E-state index in [9.17, 15) is 4.79 Å². The molecule has 1 heterocycles. The molecule has 0 N–H and O–H groups in total. The summed E-state index contributed by atoms with van der Waals surface area (Å²) in [5.41, 5.74) is 2.22. The van der Waals surface area contributed by atoms with Crippen LogP contribution in [0.5, 0.6) is 0 Å². The van der Waals surface area contributed by atoms with Crippen LogP contribution in [0.1, 0.15) is 16.1 Å². The monoisotopic (exact) mass is 313 g/mol. The van der Waals surface area contributed by atoms with E-state index in [1.54, 1.807) is 12.1 Å². The molecule has 3 aromatic carbocycles. The number of nitrogens with zero attached hydrogens (tertiary/aromatic N) is 1. The van der Waals surface area contributed by atoms with Crippen molar-refractivity contribution in [3.63, 3.8) is 0 Å². The molecule has 0 spiro atoms. The zero-order chi connectivity index (χ0) is 16.4. The summed E-state index contributed by atoms with van der Waals surface area (Å²) in [5.74, 6) is -0.338. The van der Waals surface area contributed by atoms with Crippen LogP contribution in [0, 0.1) is 0 Å². The topological polar surface area (TPSA) is 39.2 Å². The van der Waals surface area contributed by atoms with Gasteiger partial charge < -0.3 is 4.74 Å². The molecule has 0 amide bonds. The number of ether oxygens (including phenoxy) is 1. The molecule has 0 aliphatic heterocycles. The van der Waals surface area contributed by atoms with Crippen molar-refractivity contribution in [3.05, 3.63) is 90.1 Å². The zero-order valence-corrected chi connectivity index (χ0v) is 13.0. The predicted octanol–water partition coefficient (Wildman–Crippen LogP) is 4.75. The maximum Gasteiger partial charge on any atom is 0.338 e. The number of pyridine rings is 1. The van der Waals surface area contributed by atoms with E-state index in [4.69, 9.17) is 9.72 Å². The summed E-state index contributed by atoms with van der Waals surface area (Å²) in [6.45, 7) is 0.152. The standard InChI is InChI=1S/C21H15NO2/c23-21(15-8-2-1-3-9-15)24-14-20-18-12-5-4-10-16(18)17-11-6-7-13-19(17)22-20/h1-13H,14H2. The number of benzene rings is 3. The van der Waals surface area contributed by atoms with Gasteiger partial charge in [0.1, 0.15) is 6.61 Å². The maximum atomic E-state index is 12.2. The van der Waals surface area contributed by atoms with E-state index in [2.05, 4.69) is 12.1 Å². The van der Waals surface area contributed by atoms with Crippen molar-refractivity contribution < 1.29 is 9.53 Å². The Labute approximate surface area is 139 Å². The van der Waals surface area contributed by atoms with Crippen LogP contribution >= 0.6 is 0 Å². The second-order valence-corrected chi connectivity index (χ2v) is 5.56. The normalized spacial score (nSPS) is 10.8. The van der Waals surface area contributed by atoms with Crippen LogP contribution in [0.4, 0.5) is 0 Å². The Hall–Kier alpha value is -3.20. The van der Waals surface area contributed by atoms with Crippen molar-refractivity contribution in [3.8, 4) is 0 Å². The fraction of sp³-hybridized carbons (Fsp3) is 0.0476. The Morgan fingerprint density at radius 2 is 1.38 bits per heavy atom. The lowest BCUT2D eigenvalue weighted by Gasteiger charge is -2.10. The average molecular weight is 313 g/mol. The molecule has 0 bridgehead atoms. The number of esters is 1. The summed E-state index contributed by atoms with van der Waals surface area (Å²) < 4.78 is 5.47. The number of aromatic nitrogens is 1. The molecule has 0 saturated carbocycles. The highest BCUT2D eigenvalue weighted by atomic mass is 16.5. The molecule has 0 fully saturated rings. The Balaban J connectivity index is 1.72. The van der Waals surface area contributed by atoms with Gasteiger partial charge in [0.25, 0.3) is 0 Å². The number of rotatable bonds is 3. The SMILES string of the molecule is O=C(OCc1nc2ccccc2c2ccccc12)c1ccccc1. The Bertz CT molecular complexity index is 1030. The first-order valence-electron chi connectivity index (χ1n) is 7.81. The first kappa shape index (κ1) is 14.4. The van der Waals surface area contributed by atoms with Crippen molar-refractivity contribution in [2.75, 3.05) is 0 Å². The number of fused-ring (bicyclic) bond motifs is 3. The van der Waals surface area contributed by atoms with E-state index >= 15 is 0 Å². The quantitative estimate of drug-likeness (QED) is 0.405. The van der Waals surface area contributed by atoms with E-state index in [1.165, 1.54) is 0 Å². The van der Waals surface area contributed by atoms with Crippen LogP contribution in [0.15, 0.2) is 78.9 Å². The average Bonchev–Trinajstić information content (AvgIpc) is 2.66. The summed E-state index contributed by atoms with van der Waals surface area (Å²) in [6, 6.07) is 25.1. The zero-order valence-electron chi connectivity index (χ0n) is 13.0. The highest BCUT2D eigenvalue weighted by Crippen LogP contribution is 2.26. The molecule has 3 nitrogen and oxygen atoms in total. The number of hydrogen-bond donors (Lipinski definition) is 0. The number of carbonyl (C=O) groups excluding carboxylic acids is 1. The van der Waals surface area contributed by atoms with Gasteiger partial charge in [-0.3, -0.25) is 0 Å². The molecule has 0 aliphatic rings. The highest BCUT2D eigenvalue weighted by Gasteiger charge is 2.11. The predicted molar refractivity (Wildman–Crippen MR) is 94.8 cm³/mol. The summed E-state index contributed by atoms with van der Waals surface area (Å²) >= 11 is 0. The molecule has 116 valence electrons. The maximum absolute atomic E-state index is 12.2. The fourth-order valence-corrected chi connectivity index (χ4v) is 2.88. The van der Waals surface area contributed by atoms with Gasteiger partial charge in [-0.25, -0.2) is 9.78 Å². The second-order valence-electron chi connectivity index (χ2n) is 5.56. The third kappa shape index (κ3) is 2.61. The van der Waals surface area contributed by atoms with Gasteiger partial charge in [0, 0.05) is 10.8 Å². The fourth-order valence-electron chi connectivity index (χ4n) is 2.88. The Morgan fingerprint density at radius 3 is 2.17 bits per heavy atom. The van der Waals surface area contributed by atoms with Gasteiger partial charge in [0.05, 0.1) is 16.8 Å². The molecule has 0 radical (unpaired) electrons. The third-order valence-corrected chi connectivity index (χ3v) is 4.04. The van der Waals surface area contributed by atoms with Gasteiger partial charge in [0.15, 0.2) is 0 Å². The van der Waals surface area contributed by atoms with Crippen molar-refractivity contribution in [1.29, 1.82) is 0 Å². The lowest BCUT2D eigenvalue weighted by molar-refractivity contribution is 0.0470. The molecule has 0 aliphatic carbocycles. The lowest BCUT2D eigenvalue weighted by atomic mass is 10.0. The van der Waals surface area contributed by atoms with Gasteiger partial charge in [0.2, 0.25) is 0 Å².